The maximum atomic E-state index is 10.5. The van der Waals surface area contributed by atoms with Crippen LogP contribution in [-0.2, 0) is 6.42 Å². The van der Waals surface area contributed by atoms with Gasteiger partial charge in [0.25, 0.3) is 0 Å². The molecular weight excluding hydrogens is 236 g/mol. The van der Waals surface area contributed by atoms with Crippen LogP contribution in [0.1, 0.15) is 12.6 Å². The summed E-state index contributed by atoms with van der Waals surface area (Å²) in [6.07, 6.45) is 1.51. The summed E-state index contributed by atoms with van der Waals surface area (Å²) in [6.45, 7) is 1.92. The topological polar surface area (TPSA) is 65.2 Å². The van der Waals surface area contributed by atoms with Crippen LogP contribution in [0.25, 0.3) is 0 Å². The van der Waals surface area contributed by atoms with Gasteiger partial charge in [0.1, 0.15) is 0 Å². The number of ether oxygens (including phenoxy) is 1. The molecule has 0 saturated carbocycles. The van der Waals surface area contributed by atoms with E-state index in [2.05, 4.69) is 20.9 Å². The van der Waals surface area contributed by atoms with Crippen molar-refractivity contribution < 1.29 is 9.53 Å². The predicted octanol–water partition coefficient (Wildman–Crippen LogP) is 1.86. The van der Waals surface area contributed by atoms with E-state index in [4.69, 9.17) is 10.5 Å². The number of rotatable bonds is 2. The van der Waals surface area contributed by atoms with E-state index >= 15 is 0 Å². The minimum absolute atomic E-state index is 0.407. The van der Waals surface area contributed by atoms with Gasteiger partial charge in [-0.2, -0.15) is 0 Å². The molecular formula is C8H9BrN2O2. The molecule has 1 aromatic rings. The Hall–Kier alpha value is -1.10. The molecule has 1 aromatic heterocycles. The summed E-state index contributed by atoms with van der Waals surface area (Å²) in [5, 5.41) is 0. The van der Waals surface area contributed by atoms with Crippen molar-refractivity contribution in [3.05, 3.63) is 22.4 Å². The Balaban J connectivity index is 3.01. The molecule has 2 N–H and O–H groups in total. The maximum Gasteiger partial charge on any atom is 0.410 e. The van der Waals surface area contributed by atoms with Crippen molar-refractivity contribution in [3.63, 3.8) is 0 Å². The number of carbonyl (C=O) groups excluding carboxylic acids is 1. The highest BCUT2D eigenvalue weighted by atomic mass is 79.9. The van der Waals surface area contributed by atoms with Gasteiger partial charge in [-0.05, 0) is 28.4 Å². The molecule has 0 fully saturated rings. The Morgan fingerprint density at radius 2 is 2.46 bits per heavy atom. The molecule has 0 atom stereocenters. The number of halogens is 1. The van der Waals surface area contributed by atoms with E-state index in [0.717, 1.165) is 4.47 Å². The molecule has 4 nitrogen and oxygen atoms in total. The Morgan fingerprint density at radius 3 is 3.00 bits per heavy atom. The highest BCUT2D eigenvalue weighted by Crippen LogP contribution is 2.21. The van der Waals surface area contributed by atoms with Crippen LogP contribution in [0.15, 0.2) is 16.7 Å². The molecule has 0 aliphatic rings. The lowest BCUT2D eigenvalue weighted by atomic mass is 10.3. The van der Waals surface area contributed by atoms with Crippen molar-refractivity contribution >= 4 is 22.0 Å². The Labute approximate surface area is 84.2 Å². The first-order chi connectivity index (χ1) is 6.13. The summed E-state index contributed by atoms with van der Waals surface area (Å²) >= 11 is 3.22. The molecule has 13 heavy (non-hydrogen) atoms. The van der Waals surface area contributed by atoms with E-state index in [9.17, 15) is 4.79 Å². The molecule has 0 bridgehead atoms. The number of primary amides is 1. The number of amides is 1. The lowest BCUT2D eigenvalue weighted by Gasteiger charge is -2.05. The van der Waals surface area contributed by atoms with Crippen molar-refractivity contribution in [2.75, 3.05) is 0 Å². The van der Waals surface area contributed by atoms with Crippen LogP contribution < -0.4 is 10.5 Å². The van der Waals surface area contributed by atoms with Gasteiger partial charge in [0.05, 0.1) is 5.69 Å². The average molecular weight is 245 g/mol. The van der Waals surface area contributed by atoms with Crippen LogP contribution in [0.5, 0.6) is 5.75 Å². The van der Waals surface area contributed by atoms with Crippen molar-refractivity contribution in [2.45, 2.75) is 13.3 Å². The van der Waals surface area contributed by atoms with Crippen molar-refractivity contribution in [1.29, 1.82) is 0 Å². The number of hydrogen-bond donors (Lipinski definition) is 1. The number of hydrogen-bond acceptors (Lipinski definition) is 3. The van der Waals surface area contributed by atoms with E-state index in [0.29, 0.717) is 17.9 Å². The van der Waals surface area contributed by atoms with Crippen molar-refractivity contribution in [2.24, 2.45) is 5.73 Å². The molecule has 0 aromatic carbocycles. The minimum Gasteiger partial charge on any atom is -0.409 e. The van der Waals surface area contributed by atoms with Gasteiger partial charge >= 0.3 is 6.09 Å². The predicted molar refractivity (Wildman–Crippen MR) is 51.5 cm³/mol. The third-order valence-electron chi connectivity index (χ3n) is 1.44. The first kappa shape index (κ1) is 9.98. The highest BCUT2D eigenvalue weighted by Gasteiger charge is 2.06. The number of nitrogens with two attached hydrogens (primary N) is 1. The summed E-state index contributed by atoms with van der Waals surface area (Å²) in [5.74, 6) is 0.407. The summed E-state index contributed by atoms with van der Waals surface area (Å²) in [7, 11) is 0. The summed E-state index contributed by atoms with van der Waals surface area (Å²) in [5.41, 5.74) is 5.60. The molecule has 70 valence electrons. The zero-order valence-corrected chi connectivity index (χ0v) is 8.67. The van der Waals surface area contributed by atoms with Crippen LogP contribution in [0, 0.1) is 0 Å². The van der Waals surface area contributed by atoms with E-state index in [1.165, 1.54) is 0 Å². The van der Waals surface area contributed by atoms with Crippen molar-refractivity contribution in [1.82, 2.24) is 4.98 Å². The third kappa shape index (κ3) is 2.69. The zero-order chi connectivity index (χ0) is 9.84. The molecule has 1 heterocycles. The monoisotopic (exact) mass is 244 g/mol. The molecule has 0 aliphatic heterocycles. The lowest BCUT2D eigenvalue weighted by Crippen LogP contribution is -2.17. The van der Waals surface area contributed by atoms with Crippen LogP contribution in [-0.4, -0.2) is 11.1 Å². The second kappa shape index (κ2) is 4.23. The van der Waals surface area contributed by atoms with Gasteiger partial charge in [-0.1, -0.05) is 6.92 Å². The van der Waals surface area contributed by atoms with Gasteiger partial charge in [0.2, 0.25) is 0 Å². The fraction of sp³-hybridized carbons (Fsp3) is 0.250. The molecule has 0 aliphatic carbocycles. The summed E-state index contributed by atoms with van der Waals surface area (Å²) < 4.78 is 5.51. The van der Waals surface area contributed by atoms with Gasteiger partial charge in [0.15, 0.2) is 5.75 Å². The molecule has 0 spiro atoms. The molecule has 0 unspecified atom stereocenters. The number of carbonyl (C=O) groups is 1. The Bertz CT molecular complexity index is 328. The molecule has 1 rings (SSSR count). The highest BCUT2D eigenvalue weighted by molar-refractivity contribution is 9.10. The summed E-state index contributed by atoms with van der Waals surface area (Å²) in [6, 6.07) is 1.66. The fourth-order valence-electron chi connectivity index (χ4n) is 0.911. The fourth-order valence-corrected chi connectivity index (χ4v) is 1.22. The number of pyridine rings is 1. The second-order valence-electron chi connectivity index (χ2n) is 2.37. The number of aryl methyl sites for hydroxylation is 1. The summed E-state index contributed by atoms with van der Waals surface area (Å²) in [4.78, 5) is 14.6. The van der Waals surface area contributed by atoms with E-state index in [1.807, 2.05) is 6.92 Å². The smallest absolute Gasteiger partial charge is 0.409 e. The van der Waals surface area contributed by atoms with Crippen LogP contribution in [0.3, 0.4) is 0 Å². The molecule has 5 heteroatoms. The second-order valence-corrected chi connectivity index (χ2v) is 3.29. The number of nitrogens with zero attached hydrogens (tertiary/aromatic N) is 1. The average Bonchev–Trinajstić information content (AvgIpc) is 2.03. The van der Waals surface area contributed by atoms with Gasteiger partial charge in [0, 0.05) is 10.7 Å². The largest absolute Gasteiger partial charge is 0.410 e. The van der Waals surface area contributed by atoms with E-state index < -0.39 is 6.09 Å². The van der Waals surface area contributed by atoms with E-state index in [1.54, 1.807) is 12.3 Å². The molecule has 0 saturated heterocycles. The quantitative estimate of drug-likeness (QED) is 0.864. The SMILES string of the molecule is CCc1ncc(Br)cc1OC(N)=O. The van der Waals surface area contributed by atoms with E-state index in [-0.39, 0.29) is 0 Å². The van der Waals surface area contributed by atoms with Gasteiger partial charge in [-0.15, -0.1) is 0 Å². The third-order valence-corrected chi connectivity index (χ3v) is 1.88. The van der Waals surface area contributed by atoms with Gasteiger partial charge < -0.3 is 10.5 Å². The van der Waals surface area contributed by atoms with Crippen LogP contribution in [0.4, 0.5) is 4.79 Å². The van der Waals surface area contributed by atoms with Gasteiger partial charge in [-0.25, -0.2) is 4.79 Å². The maximum absolute atomic E-state index is 10.5. The van der Waals surface area contributed by atoms with Crippen LogP contribution >= 0.6 is 15.9 Å². The lowest BCUT2D eigenvalue weighted by molar-refractivity contribution is 0.210. The number of aromatic nitrogens is 1. The minimum atomic E-state index is -0.824. The van der Waals surface area contributed by atoms with Crippen LogP contribution in [0.2, 0.25) is 0 Å². The van der Waals surface area contributed by atoms with Crippen molar-refractivity contribution in [3.8, 4) is 5.75 Å². The molecule has 0 radical (unpaired) electrons. The zero-order valence-electron chi connectivity index (χ0n) is 7.08. The molecule has 1 amide bonds. The first-order valence-corrected chi connectivity index (χ1v) is 4.54. The Kier molecular flexibility index (Phi) is 3.25. The standard InChI is InChI=1S/C8H9BrN2O2/c1-2-6-7(13-8(10)12)3-5(9)4-11-6/h3-4H,2H2,1H3,(H2,10,12). The first-order valence-electron chi connectivity index (χ1n) is 3.75. The Morgan fingerprint density at radius 1 is 1.77 bits per heavy atom. The van der Waals surface area contributed by atoms with Gasteiger partial charge in [-0.3, -0.25) is 4.98 Å². The normalized spacial score (nSPS) is 9.69.